The van der Waals surface area contributed by atoms with Gasteiger partial charge in [-0.25, -0.2) is 8.42 Å². The zero-order valence-corrected chi connectivity index (χ0v) is 19.9. The van der Waals surface area contributed by atoms with Gasteiger partial charge in [0, 0.05) is 29.2 Å². The number of rotatable bonds is 6. The third kappa shape index (κ3) is 4.63. The number of sulfonamides is 1. The van der Waals surface area contributed by atoms with Gasteiger partial charge in [-0.15, -0.1) is 11.8 Å². The van der Waals surface area contributed by atoms with Crippen LogP contribution in [0.15, 0.2) is 40.1 Å². The van der Waals surface area contributed by atoms with E-state index < -0.39 is 10.0 Å². The first-order valence-corrected chi connectivity index (χ1v) is 12.4. The van der Waals surface area contributed by atoms with Crippen LogP contribution in [0.2, 0.25) is 0 Å². The molecule has 1 heterocycles. The minimum absolute atomic E-state index is 0.101. The predicted octanol–water partition coefficient (Wildman–Crippen LogP) is 4.02. The third-order valence-electron chi connectivity index (χ3n) is 5.40. The maximum Gasteiger partial charge on any atom is 0.255 e. The summed E-state index contributed by atoms with van der Waals surface area (Å²) in [4.78, 5) is 25.9. The SMILES string of the molecule is CCN(CC)S(=O)(=O)c1cc(C)c(C)c(NC(=O)c2ccc3c(c2)NC(=O)[C@@H](C)S3)c1. The van der Waals surface area contributed by atoms with Crippen molar-refractivity contribution >= 4 is 45.0 Å². The van der Waals surface area contributed by atoms with Crippen LogP contribution in [0.5, 0.6) is 0 Å². The van der Waals surface area contributed by atoms with Crippen LogP contribution in [0.3, 0.4) is 0 Å². The molecule has 2 N–H and O–H groups in total. The number of benzene rings is 2. The van der Waals surface area contributed by atoms with Gasteiger partial charge in [0.05, 0.1) is 15.8 Å². The summed E-state index contributed by atoms with van der Waals surface area (Å²) < 4.78 is 27.3. The molecule has 9 heteroatoms. The van der Waals surface area contributed by atoms with Crippen molar-refractivity contribution < 1.29 is 18.0 Å². The fraction of sp³-hybridized carbons (Fsp3) is 0.364. The van der Waals surface area contributed by atoms with E-state index in [-0.39, 0.29) is 22.0 Å². The lowest BCUT2D eigenvalue weighted by molar-refractivity contribution is -0.115. The van der Waals surface area contributed by atoms with Gasteiger partial charge in [-0.2, -0.15) is 4.31 Å². The Morgan fingerprint density at radius 1 is 1.16 bits per heavy atom. The first-order valence-electron chi connectivity index (χ1n) is 10.1. The fourth-order valence-electron chi connectivity index (χ4n) is 3.36. The summed E-state index contributed by atoms with van der Waals surface area (Å²) in [6.07, 6.45) is 0. The molecule has 2 aromatic carbocycles. The van der Waals surface area contributed by atoms with Crippen molar-refractivity contribution in [1.29, 1.82) is 0 Å². The Morgan fingerprint density at radius 2 is 1.84 bits per heavy atom. The van der Waals surface area contributed by atoms with Gasteiger partial charge >= 0.3 is 0 Å². The zero-order valence-electron chi connectivity index (χ0n) is 18.3. The van der Waals surface area contributed by atoms with Crippen molar-refractivity contribution in [3.63, 3.8) is 0 Å². The number of hydrogen-bond donors (Lipinski definition) is 2. The Morgan fingerprint density at radius 3 is 2.48 bits per heavy atom. The minimum Gasteiger partial charge on any atom is -0.324 e. The van der Waals surface area contributed by atoms with E-state index in [1.165, 1.54) is 22.1 Å². The topological polar surface area (TPSA) is 95.6 Å². The van der Waals surface area contributed by atoms with E-state index in [1.807, 2.05) is 26.8 Å². The van der Waals surface area contributed by atoms with Crippen LogP contribution >= 0.6 is 11.8 Å². The normalized spacial score (nSPS) is 16.1. The van der Waals surface area contributed by atoms with Gasteiger partial charge in [0.15, 0.2) is 0 Å². The Hall–Kier alpha value is -2.36. The molecule has 31 heavy (non-hydrogen) atoms. The van der Waals surface area contributed by atoms with E-state index in [4.69, 9.17) is 0 Å². The summed E-state index contributed by atoms with van der Waals surface area (Å²) in [7, 11) is -3.66. The Kier molecular flexibility index (Phi) is 6.78. The molecule has 3 rings (SSSR count). The van der Waals surface area contributed by atoms with E-state index in [2.05, 4.69) is 10.6 Å². The highest BCUT2D eigenvalue weighted by Gasteiger charge is 2.25. The molecule has 0 fully saturated rings. The molecule has 0 spiro atoms. The van der Waals surface area contributed by atoms with Crippen molar-refractivity contribution in [2.45, 2.75) is 49.7 Å². The molecule has 0 aliphatic carbocycles. The molecule has 0 bridgehead atoms. The summed E-state index contributed by atoms with van der Waals surface area (Å²) in [6, 6.07) is 8.28. The van der Waals surface area contributed by atoms with Crippen LogP contribution in [0, 0.1) is 13.8 Å². The first-order chi connectivity index (χ1) is 14.6. The summed E-state index contributed by atoms with van der Waals surface area (Å²) in [5.74, 6) is -0.476. The molecule has 1 atom stereocenters. The molecule has 166 valence electrons. The number of nitrogens with zero attached hydrogens (tertiary/aromatic N) is 1. The Balaban J connectivity index is 1.93. The molecule has 2 amide bonds. The average Bonchev–Trinajstić information content (AvgIpc) is 2.72. The van der Waals surface area contributed by atoms with Crippen LogP contribution in [0.1, 0.15) is 42.3 Å². The maximum absolute atomic E-state index is 13.0. The number of thioether (sulfide) groups is 1. The van der Waals surface area contributed by atoms with Gasteiger partial charge in [0.2, 0.25) is 15.9 Å². The lowest BCUT2D eigenvalue weighted by atomic mass is 10.1. The molecular formula is C22H27N3O4S2. The summed E-state index contributed by atoms with van der Waals surface area (Å²) >= 11 is 1.45. The third-order valence-corrected chi connectivity index (χ3v) is 8.61. The van der Waals surface area contributed by atoms with Crippen molar-refractivity contribution in [3.8, 4) is 0 Å². The van der Waals surface area contributed by atoms with Gasteiger partial charge in [-0.3, -0.25) is 9.59 Å². The molecule has 1 aliphatic heterocycles. The number of carbonyl (C=O) groups excluding carboxylic acids is 2. The second kappa shape index (κ2) is 9.02. The lowest BCUT2D eigenvalue weighted by Crippen LogP contribution is -2.30. The number of fused-ring (bicyclic) bond motifs is 1. The number of hydrogen-bond acceptors (Lipinski definition) is 5. The second-order valence-electron chi connectivity index (χ2n) is 7.42. The quantitative estimate of drug-likeness (QED) is 0.677. The molecule has 0 unspecified atom stereocenters. The van der Waals surface area contributed by atoms with Crippen molar-refractivity contribution in [2.75, 3.05) is 23.7 Å². The monoisotopic (exact) mass is 461 g/mol. The molecule has 0 saturated heterocycles. The first kappa shape index (κ1) is 23.3. The molecule has 7 nitrogen and oxygen atoms in total. The van der Waals surface area contributed by atoms with Crippen LogP contribution in [-0.4, -0.2) is 42.9 Å². The smallest absolute Gasteiger partial charge is 0.255 e. The molecule has 1 aliphatic rings. The van der Waals surface area contributed by atoms with Crippen molar-refractivity contribution in [3.05, 3.63) is 47.0 Å². The van der Waals surface area contributed by atoms with E-state index in [0.29, 0.717) is 30.0 Å². The summed E-state index contributed by atoms with van der Waals surface area (Å²) in [5, 5.41) is 5.47. The van der Waals surface area contributed by atoms with Gasteiger partial charge in [-0.05, 0) is 62.2 Å². The molecule has 2 aromatic rings. The van der Waals surface area contributed by atoms with E-state index in [1.54, 1.807) is 32.0 Å². The van der Waals surface area contributed by atoms with E-state index in [9.17, 15) is 18.0 Å². The van der Waals surface area contributed by atoms with E-state index >= 15 is 0 Å². The highest BCUT2D eigenvalue weighted by Crippen LogP contribution is 2.36. The number of aryl methyl sites for hydroxylation is 1. The Bertz CT molecular complexity index is 1140. The summed E-state index contributed by atoms with van der Waals surface area (Å²) in [5.41, 5.74) is 2.99. The molecule has 0 saturated carbocycles. The molecule has 0 aromatic heterocycles. The summed E-state index contributed by atoms with van der Waals surface area (Å²) in [6.45, 7) is 9.80. The molecular weight excluding hydrogens is 434 g/mol. The van der Waals surface area contributed by atoms with Crippen LogP contribution in [0.25, 0.3) is 0 Å². The highest BCUT2D eigenvalue weighted by molar-refractivity contribution is 8.01. The van der Waals surface area contributed by atoms with Crippen molar-refractivity contribution in [2.24, 2.45) is 0 Å². The van der Waals surface area contributed by atoms with Crippen LogP contribution in [-0.2, 0) is 14.8 Å². The van der Waals surface area contributed by atoms with Crippen molar-refractivity contribution in [1.82, 2.24) is 4.31 Å². The van der Waals surface area contributed by atoms with Gasteiger partial charge in [0.1, 0.15) is 0 Å². The van der Waals surface area contributed by atoms with Gasteiger partial charge in [0.25, 0.3) is 5.91 Å². The van der Waals surface area contributed by atoms with Crippen LogP contribution in [0.4, 0.5) is 11.4 Å². The van der Waals surface area contributed by atoms with Gasteiger partial charge in [-0.1, -0.05) is 13.8 Å². The van der Waals surface area contributed by atoms with Crippen LogP contribution < -0.4 is 10.6 Å². The van der Waals surface area contributed by atoms with E-state index in [0.717, 1.165) is 16.0 Å². The number of anilines is 2. The second-order valence-corrected chi connectivity index (χ2v) is 10.7. The fourth-order valence-corrected chi connectivity index (χ4v) is 5.86. The maximum atomic E-state index is 13.0. The minimum atomic E-state index is -3.66. The Labute approximate surface area is 187 Å². The number of carbonyl (C=O) groups is 2. The zero-order chi connectivity index (χ0) is 22.9. The average molecular weight is 462 g/mol. The highest BCUT2D eigenvalue weighted by atomic mass is 32.2. The standard InChI is InChI=1S/C22H27N3O4S2/c1-6-25(7-2)31(28,29)17-10-13(3)14(4)18(12-17)23-22(27)16-8-9-20-19(11-16)24-21(26)15(5)30-20/h8-12,15H,6-7H2,1-5H3,(H,23,27)(H,24,26)/t15-/m1/s1. The molecule has 0 radical (unpaired) electrons. The largest absolute Gasteiger partial charge is 0.324 e. The van der Waals surface area contributed by atoms with Gasteiger partial charge < -0.3 is 10.6 Å². The lowest BCUT2D eigenvalue weighted by Gasteiger charge is -2.22. The predicted molar refractivity (Wildman–Crippen MR) is 124 cm³/mol. The number of amides is 2. The number of nitrogens with one attached hydrogen (secondary N) is 2.